The molecule has 0 saturated heterocycles. The van der Waals surface area contributed by atoms with Crippen molar-refractivity contribution in [1.29, 1.82) is 0 Å². The third-order valence-electron chi connectivity index (χ3n) is 2.90. The lowest BCUT2D eigenvalue weighted by atomic mass is 9.96. The maximum absolute atomic E-state index is 5.82. The van der Waals surface area contributed by atoms with Crippen molar-refractivity contribution in [2.45, 2.75) is 32.7 Å². The molecule has 2 atom stereocenters. The molecule has 0 bridgehead atoms. The van der Waals surface area contributed by atoms with Crippen LogP contribution in [0, 0.1) is 5.92 Å². The highest BCUT2D eigenvalue weighted by Gasteiger charge is 2.15. The Morgan fingerprint density at radius 2 is 2.06 bits per heavy atom. The Bertz CT molecular complexity index is 315. The first-order valence-electron chi connectivity index (χ1n) is 5.90. The monoisotopic (exact) mass is 284 g/mol. The first-order valence-corrected chi connectivity index (χ1v) is 6.69. The van der Waals surface area contributed by atoms with Crippen LogP contribution in [-0.2, 0) is 0 Å². The summed E-state index contributed by atoms with van der Waals surface area (Å²) < 4.78 is 1.09. The summed E-state index contributed by atoms with van der Waals surface area (Å²) in [6.45, 7) is 5.13. The lowest BCUT2D eigenvalue weighted by molar-refractivity contribution is 0.450. The van der Waals surface area contributed by atoms with Crippen LogP contribution < -0.4 is 11.1 Å². The highest BCUT2D eigenvalue weighted by molar-refractivity contribution is 9.10. The summed E-state index contributed by atoms with van der Waals surface area (Å²) in [6.07, 6.45) is 2.41. The van der Waals surface area contributed by atoms with E-state index in [1.807, 2.05) is 18.2 Å². The second kappa shape index (κ2) is 6.92. The molecule has 3 heteroatoms. The van der Waals surface area contributed by atoms with Crippen LogP contribution in [0.15, 0.2) is 28.7 Å². The Balaban J connectivity index is 2.66. The topological polar surface area (TPSA) is 38.0 Å². The minimum Gasteiger partial charge on any atom is -0.380 e. The zero-order valence-electron chi connectivity index (χ0n) is 10.0. The number of halogens is 1. The maximum atomic E-state index is 5.82. The number of nitrogens with one attached hydrogen (secondary N) is 1. The predicted octanol–water partition coefficient (Wildman–Crippen LogP) is 3.62. The molecule has 2 nitrogen and oxygen atoms in total. The van der Waals surface area contributed by atoms with Gasteiger partial charge >= 0.3 is 0 Å². The molecule has 16 heavy (non-hydrogen) atoms. The van der Waals surface area contributed by atoms with Gasteiger partial charge in [0.2, 0.25) is 0 Å². The van der Waals surface area contributed by atoms with Crippen LogP contribution in [0.2, 0.25) is 0 Å². The number of para-hydroxylation sites is 1. The molecule has 0 aliphatic heterocycles. The van der Waals surface area contributed by atoms with Gasteiger partial charge in [-0.15, -0.1) is 0 Å². The number of rotatable bonds is 6. The maximum Gasteiger partial charge on any atom is 0.0487 e. The zero-order chi connectivity index (χ0) is 12.0. The summed E-state index contributed by atoms with van der Waals surface area (Å²) in [5.41, 5.74) is 6.95. The molecule has 3 N–H and O–H groups in total. The van der Waals surface area contributed by atoms with Gasteiger partial charge in [0.15, 0.2) is 0 Å². The Morgan fingerprint density at radius 3 is 2.62 bits per heavy atom. The SMILES string of the molecule is CCCC(C)C(CN)Nc1ccccc1Br. The summed E-state index contributed by atoms with van der Waals surface area (Å²) >= 11 is 3.54. The van der Waals surface area contributed by atoms with Gasteiger partial charge in [0.05, 0.1) is 0 Å². The second-order valence-electron chi connectivity index (χ2n) is 4.23. The summed E-state index contributed by atoms with van der Waals surface area (Å²) in [7, 11) is 0. The number of anilines is 1. The molecular weight excluding hydrogens is 264 g/mol. The summed E-state index contributed by atoms with van der Waals surface area (Å²) in [5.74, 6) is 0.599. The van der Waals surface area contributed by atoms with Gasteiger partial charge in [-0.1, -0.05) is 32.4 Å². The van der Waals surface area contributed by atoms with E-state index in [2.05, 4.69) is 41.2 Å². The van der Waals surface area contributed by atoms with E-state index >= 15 is 0 Å². The van der Waals surface area contributed by atoms with Gasteiger partial charge in [-0.3, -0.25) is 0 Å². The average molecular weight is 285 g/mol. The van der Waals surface area contributed by atoms with Crippen molar-refractivity contribution in [3.8, 4) is 0 Å². The van der Waals surface area contributed by atoms with Gasteiger partial charge < -0.3 is 11.1 Å². The van der Waals surface area contributed by atoms with Crippen LogP contribution in [-0.4, -0.2) is 12.6 Å². The van der Waals surface area contributed by atoms with E-state index < -0.39 is 0 Å². The highest BCUT2D eigenvalue weighted by Crippen LogP contribution is 2.24. The third-order valence-corrected chi connectivity index (χ3v) is 3.59. The van der Waals surface area contributed by atoms with Gasteiger partial charge in [0.1, 0.15) is 0 Å². The molecule has 0 heterocycles. The highest BCUT2D eigenvalue weighted by atomic mass is 79.9. The Morgan fingerprint density at radius 1 is 1.38 bits per heavy atom. The molecule has 0 amide bonds. The Labute approximate surface area is 107 Å². The molecule has 1 aromatic rings. The molecule has 1 aromatic carbocycles. The van der Waals surface area contributed by atoms with Crippen LogP contribution >= 0.6 is 15.9 Å². The number of hydrogen-bond acceptors (Lipinski definition) is 2. The van der Waals surface area contributed by atoms with Gasteiger partial charge in [-0.25, -0.2) is 0 Å². The van der Waals surface area contributed by atoms with E-state index in [1.54, 1.807) is 0 Å². The molecule has 2 unspecified atom stereocenters. The van der Waals surface area contributed by atoms with Crippen molar-refractivity contribution in [3.05, 3.63) is 28.7 Å². The number of hydrogen-bond donors (Lipinski definition) is 2. The fourth-order valence-electron chi connectivity index (χ4n) is 1.87. The molecule has 90 valence electrons. The van der Waals surface area contributed by atoms with Gasteiger partial charge in [0.25, 0.3) is 0 Å². The van der Waals surface area contributed by atoms with E-state index in [-0.39, 0.29) is 0 Å². The minimum atomic E-state index is 0.346. The standard InChI is InChI=1S/C13H21BrN2/c1-3-6-10(2)13(9-15)16-12-8-5-4-7-11(12)14/h4-5,7-8,10,13,16H,3,6,9,15H2,1-2H3. The normalized spacial score (nSPS) is 14.5. The number of benzene rings is 1. The molecule has 0 spiro atoms. The lowest BCUT2D eigenvalue weighted by Gasteiger charge is -2.25. The molecule has 0 radical (unpaired) electrons. The molecule has 0 aromatic heterocycles. The van der Waals surface area contributed by atoms with Crippen LogP contribution in [0.25, 0.3) is 0 Å². The third kappa shape index (κ3) is 3.80. The van der Waals surface area contributed by atoms with Crippen LogP contribution in [0.5, 0.6) is 0 Å². The summed E-state index contributed by atoms with van der Waals surface area (Å²) in [4.78, 5) is 0. The molecule has 0 saturated carbocycles. The summed E-state index contributed by atoms with van der Waals surface area (Å²) in [5, 5.41) is 3.51. The van der Waals surface area contributed by atoms with E-state index in [9.17, 15) is 0 Å². The van der Waals surface area contributed by atoms with Crippen LogP contribution in [0.1, 0.15) is 26.7 Å². The van der Waals surface area contributed by atoms with Crippen LogP contribution in [0.4, 0.5) is 5.69 Å². The molecule has 0 aliphatic carbocycles. The Kier molecular flexibility index (Phi) is 5.85. The van der Waals surface area contributed by atoms with Gasteiger partial charge in [-0.05, 0) is 40.4 Å². The van der Waals surface area contributed by atoms with Gasteiger partial charge in [-0.2, -0.15) is 0 Å². The minimum absolute atomic E-state index is 0.346. The molecule has 1 rings (SSSR count). The first kappa shape index (κ1) is 13.5. The van der Waals surface area contributed by atoms with Crippen molar-refractivity contribution in [2.75, 3.05) is 11.9 Å². The summed E-state index contributed by atoms with van der Waals surface area (Å²) in [6, 6.07) is 8.51. The molecule has 0 aliphatic rings. The fourth-order valence-corrected chi connectivity index (χ4v) is 2.27. The second-order valence-corrected chi connectivity index (χ2v) is 5.09. The zero-order valence-corrected chi connectivity index (χ0v) is 11.6. The van der Waals surface area contributed by atoms with Gasteiger partial charge in [0, 0.05) is 22.7 Å². The quantitative estimate of drug-likeness (QED) is 0.837. The largest absolute Gasteiger partial charge is 0.380 e. The first-order chi connectivity index (χ1) is 7.69. The van der Waals surface area contributed by atoms with Crippen molar-refractivity contribution < 1.29 is 0 Å². The number of nitrogens with two attached hydrogens (primary N) is 1. The van der Waals surface area contributed by atoms with Crippen molar-refractivity contribution in [3.63, 3.8) is 0 Å². The molecular formula is C13H21BrN2. The van der Waals surface area contributed by atoms with Crippen LogP contribution in [0.3, 0.4) is 0 Å². The Hall–Kier alpha value is -0.540. The fraction of sp³-hybridized carbons (Fsp3) is 0.538. The van der Waals surface area contributed by atoms with E-state index in [0.29, 0.717) is 18.5 Å². The smallest absolute Gasteiger partial charge is 0.0487 e. The van der Waals surface area contributed by atoms with Crippen molar-refractivity contribution >= 4 is 21.6 Å². The van der Waals surface area contributed by atoms with E-state index in [0.717, 1.165) is 10.2 Å². The predicted molar refractivity (Wildman–Crippen MR) is 74.7 cm³/mol. The van der Waals surface area contributed by atoms with Crippen molar-refractivity contribution in [2.24, 2.45) is 11.7 Å². The molecule has 0 fully saturated rings. The average Bonchev–Trinajstić information content (AvgIpc) is 2.28. The van der Waals surface area contributed by atoms with Crippen molar-refractivity contribution in [1.82, 2.24) is 0 Å². The van der Waals surface area contributed by atoms with E-state index in [1.165, 1.54) is 12.8 Å². The van der Waals surface area contributed by atoms with E-state index in [4.69, 9.17) is 5.73 Å². The lowest BCUT2D eigenvalue weighted by Crippen LogP contribution is -2.35.